The molecule has 2 aromatic rings. The molecule has 39 heavy (non-hydrogen) atoms. The fourth-order valence-corrected chi connectivity index (χ4v) is 5.72. The summed E-state index contributed by atoms with van der Waals surface area (Å²) in [5.41, 5.74) is 2.05. The van der Waals surface area contributed by atoms with Gasteiger partial charge in [-0.15, -0.1) is 6.42 Å². The summed E-state index contributed by atoms with van der Waals surface area (Å²) in [6.45, 7) is 0.402. The molecule has 0 spiro atoms. The minimum atomic E-state index is -1.22. The highest BCUT2D eigenvalue weighted by Crippen LogP contribution is 2.28. The summed E-state index contributed by atoms with van der Waals surface area (Å²) >= 11 is 1.65. The average Bonchev–Trinajstić information content (AvgIpc) is 2.93. The van der Waals surface area contributed by atoms with E-state index in [4.69, 9.17) is 6.42 Å². The van der Waals surface area contributed by atoms with Crippen molar-refractivity contribution in [1.29, 1.82) is 0 Å². The van der Waals surface area contributed by atoms with Crippen molar-refractivity contribution in [3.05, 3.63) is 71.8 Å². The summed E-state index contributed by atoms with van der Waals surface area (Å²) in [6, 6.07) is 17.6. The number of terminal acetylenes is 1. The Morgan fingerprint density at radius 2 is 1.72 bits per heavy atom. The number of amides is 4. The van der Waals surface area contributed by atoms with Crippen molar-refractivity contribution in [3.63, 3.8) is 0 Å². The lowest BCUT2D eigenvalue weighted by molar-refractivity contribution is -0.189. The zero-order valence-electron chi connectivity index (χ0n) is 21.4. The van der Waals surface area contributed by atoms with Crippen molar-refractivity contribution >= 4 is 35.6 Å². The fraction of sp³-hybridized carbons (Fsp3) is 0.357. The number of nitrogens with zero attached hydrogens (tertiary/aromatic N) is 4. The number of thioether (sulfide) groups is 1. The van der Waals surface area contributed by atoms with Crippen LogP contribution in [0.1, 0.15) is 17.5 Å². The molecule has 0 saturated carbocycles. The SMILES string of the molecule is C#CCN1CC(=O)N2[C@@H](CC(=O)O)C(=O)N(CCSCc3ccccc3)C[C@@H]2N1C(=O)NCc1ccccc1. The molecule has 10 nitrogen and oxygen atoms in total. The number of rotatable bonds is 10. The number of hydrogen-bond donors (Lipinski definition) is 2. The van der Waals surface area contributed by atoms with E-state index in [0.717, 1.165) is 16.9 Å². The Labute approximate surface area is 231 Å². The van der Waals surface area contributed by atoms with Crippen LogP contribution in [-0.4, -0.2) is 92.9 Å². The van der Waals surface area contributed by atoms with Crippen LogP contribution in [0.2, 0.25) is 0 Å². The maximum Gasteiger partial charge on any atom is 0.334 e. The minimum absolute atomic E-state index is 0.000686. The van der Waals surface area contributed by atoms with Crippen LogP contribution in [0, 0.1) is 12.3 Å². The van der Waals surface area contributed by atoms with Gasteiger partial charge in [0.2, 0.25) is 11.8 Å². The number of hydrazine groups is 1. The van der Waals surface area contributed by atoms with Crippen LogP contribution in [0.25, 0.3) is 0 Å². The van der Waals surface area contributed by atoms with Crippen molar-refractivity contribution in [2.24, 2.45) is 0 Å². The van der Waals surface area contributed by atoms with E-state index in [9.17, 15) is 24.3 Å². The molecule has 2 fully saturated rings. The number of carbonyl (C=O) groups excluding carboxylic acids is 3. The maximum atomic E-state index is 13.5. The largest absolute Gasteiger partial charge is 0.481 e. The van der Waals surface area contributed by atoms with E-state index in [1.54, 1.807) is 16.7 Å². The Bertz CT molecular complexity index is 1220. The van der Waals surface area contributed by atoms with Crippen molar-refractivity contribution in [1.82, 2.24) is 25.1 Å². The number of carboxylic acids is 1. The van der Waals surface area contributed by atoms with E-state index in [2.05, 4.69) is 11.2 Å². The van der Waals surface area contributed by atoms with Gasteiger partial charge in [0.05, 0.1) is 26.1 Å². The van der Waals surface area contributed by atoms with E-state index < -0.39 is 42.4 Å². The Morgan fingerprint density at radius 1 is 1.05 bits per heavy atom. The average molecular weight is 550 g/mol. The van der Waals surface area contributed by atoms with Gasteiger partial charge < -0.3 is 20.2 Å². The highest BCUT2D eigenvalue weighted by molar-refractivity contribution is 7.98. The molecule has 2 N–H and O–H groups in total. The summed E-state index contributed by atoms with van der Waals surface area (Å²) in [5.74, 6) is 1.78. The van der Waals surface area contributed by atoms with Crippen LogP contribution < -0.4 is 5.32 Å². The van der Waals surface area contributed by atoms with Gasteiger partial charge in [-0.05, 0) is 11.1 Å². The summed E-state index contributed by atoms with van der Waals surface area (Å²) in [6.07, 6.45) is 4.11. The number of aliphatic carboxylic acids is 1. The molecule has 204 valence electrons. The molecule has 0 unspecified atom stereocenters. The smallest absolute Gasteiger partial charge is 0.334 e. The standard InChI is InChI=1S/C28H31N5O5S/c1-2-13-31-19-25(34)32-23(16-26(35)36)27(37)30(14-15-39-20-22-11-7-4-8-12-22)18-24(32)33(31)28(38)29-17-21-9-5-3-6-10-21/h1,3-12,23-24H,13-20H2,(H,29,38)(H,35,36)/t23-,24-/m0/s1. The molecule has 2 atom stereocenters. The van der Waals surface area contributed by atoms with Crippen molar-refractivity contribution in [2.75, 3.05) is 31.9 Å². The molecule has 11 heteroatoms. The Balaban J connectivity index is 1.54. The molecule has 2 saturated heterocycles. The third kappa shape index (κ3) is 6.90. The van der Waals surface area contributed by atoms with Gasteiger partial charge >= 0.3 is 12.0 Å². The van der Waals surface area contributed by atoms with Crippen LogP contribution >= 0.6 is 11.8 Å². The number of carboxylic acid groups (broad SMARTS) is 1. The topological polar surface area (TPSA) is 114 Å². The number of carbonyl (C=O) groups is 4. The zero-order chi connectivity index (χ0) is 27.8. The van der Waals surface area contributed by atoms with Crippen molar-refractivity contribution < 1.29 is 24.3 Å². The van der Waals surface area contributed by atoms with E-state index in [-0.39, 0.29) is 26.2 Å². The Morgan fingerprint density at radius 3 is 2.36 bits per heavy atom. The quantitative estimate of drug-likeness (QED) is 0.343. The van der Waals surface area contributed by atoms with Crippen LogP contribution in [-0.2, 0) is 26.7 Å². The van der Waals surface area contributed by atoms with Gasteiger partial charge in [0.15, 0.2) is 0 Å². The first-order valence-corrected chi connectivity index (χ1v) is 13.8. The van der Waals surface area contributed by atoms with Crippen LogP contribution in [0.15, 0.2) is 60.7 Å². The summed E-state index contributed by atoms with van der Waals surface area (Å²) < 4.78 is 0. The number of piperazine rings is 1. The molecule has 0 aromatic heterocycles. The molecular formula is C28H31N5O5S. The number of fused-ring (bicyclic) bond motifs is 1. The number of hydrogen-bond acceptors (Lipinski definition) is 6. The number of urea groups is 1. The van der Waals surface area contributed by atoms with Crippen LogP contribution in [0.4, 0.5) is 4.79 Å². The summed E-state index contributed by atoms with van der Waals surface area (Å²) in [7, 11) is 0. The molecule has 0 radical (unpaired) electrons. The molecule has 0 aliphatic carbocycles. The lowest BCUT2D eigenvalue weighted by Gasteiger charge is -2.54. The van der Waals surface area contributed by atoms with E-state index in [0.29, 0.717) is 12.3 Å². The second-order valence-electron chi connectivity index (χ2n) is 9.23. The molecule has 0 bridgehead atoms. The summed E-state index contributed by atoms with van der Waals surface area (Å²) in [4.78, 5) is 54.6. The first-order chi connectivity index (χ1) is 18.9. The van der Waals surface area contributed by atoms with Gasteiger partial charge in [-0.25, -0.2) is 9.80 Å². The predicted octanol–water partition coefficient (Wildman–Crippen LogP) is 1.84. The lowest BCUT2D eigenvalue weighted by atomic mass is 10.0. The first kappa shape index (κ1) is 28.0. The maximum absolute atomic E-state index is 13.5. The first-order valence-electron chi connectivity index (χ1n) is 12.6. The number of nitrogens with one attached hydrogen (secondary N) is 1. The summed E-state index contributed by atoms with van der Waals surface area (Å²) in [5, 5.41) is 15.3. The predicted molar refractivity (Wildman–Crippen MR) is 147 cm³/mol. The minimum Gasteiger partial charge on any atom is -0.481 e. The van der Waals surface area contributed by atoms with Gasteiger partial charge in [0.25, 0.3) is 0 Å². The van der Waals surface area contributed by atoms with Gasteiger partial charge in [-0.2, -0.15) is 16.8 Å². The van der Waals surface area contributed by atoms with Crippen molar-refractivity contribution in [3.8, 4) is 12.3 Å². The molecule has 4 rings (SSSR count). The highest BCUT2D eigenvalue weighted by atomic mass is 32.2. The number of benzene rings is 2. The second kappa shape index (κ2) is 13.2. The van der Waals surface area contributed by atoms with E-state index >= 15 is 0 Å². The normalized spacial score (nSPS) is 19.4. The van der Waals surface area contributed by atoms with Crippen LogP contribution in [0.5, 0.6) is 0 Å². The molecule has 2 aliphatic heterocycles. The van der Waals surface area contributed by atoms with E-state index in [1.165, 1.54) is 14.9 Å². The lowest BCUT2D eigenvalue weighted by Crippen LogP contribution is -2.76. The third-order valence-corrected chi connectivity index (χ3v) is 7.59. The fourth-order valence-electron chi connectivity index (χ4n) is 4.80. The highest BCUT2D eigenvalue weighted by Gasteiger charge is 2.51. The second-order valence-corrected chi connectivity index (χ2v) is 10.3. The molecular weight excluding hydrogens is 518 g/mol. The van der Waals surface area contributed by atoms with Gasteiger partial charge in [0, 0.05) is 24.6 Å². The third-order valence-electron chi connectivity index (χ3n) is 6.58. The molecule has 4 amide bonds. The molecule has 2 aliphatic rings. The Kier molecular flexibility index (Phi) is 9.46. The van der Waals surface area contributed by atoms with Crippen LogP contribution in [0.3, 0.4) is 0 Å². The van der Waals surface area contributed by atoms with E-state index in [1.807, 2.05) is 60.7 Å². The van der Waals surface area contributed by atoms with Gasteiger partial charge in [-0.3, -0.25) is 14.4 Å². The van der Waals surface area contributed by atoms with Gasteiger partial charge in [-0.1, -0.05) is 66.6 Å². The Hall–Kier alpha value is -4.01. The molecule has 2 aromatic carbocycles. The van der Waals surface area contributed by atoms with Gasteiger partial charge in [0.1, 0.15) is 12.2 Å². The molecule has 2 heterocycles. The monoisotopic (exact) mass is 549 g/mol. The van der Waals surface area contributed by atoms with Crippen molar-refractivity contribution in [2.45, 2.75) is 30.9 Å². The zero-order valence-corrected chi connectivity index (χ0v) is 22.3.